The molecule has 0 aliphatic heterocycles. The minimum atomic E-state index is -0.533. The minimum Gasteiger partial charge on any atom is -0.497 e. The van der Waals surface area contributed by atoms with Crippen molar-refractivity contribution in [3.63, 3.8) is 0 Å². The number of rotatable bonds is 5. The highest BCUT2D eigenvalue weighted by molar-refractivity contribution is 9.10. The Morgan fingerprint density at radius 2 is 2.07 bits per heavy atom. The molecule has 0 fully saturated rings. The number of benzene rings is 2. The van der Waals surface area contributed by atoms with E-state index in [0.29, 0.717) is 11.3 Å². The van der Waals surface area contributed by atoms with E-state index in [1.165, 1.54) is 0 Å². The zero-order valence-electron chi connectivity index (χ0n) is 14.2. The Morgan fingerprint density at radius 1 is 1.30 bits per heavy atom. The number of nitrogens with zero attached hydrogens (tertiary/aromatic N) is 3. The summed E-state index contributed by atoms with van der Waals surface area (Å²) < 4.78 is 5.95. The van der Waals surface area contributed by atoms with E-state index in [2.05, 4.69) is 36.4 Å². The predicted molar refractivity (Wildman–Crippen MR) is 107 cm³/mol. The fourth-order valence-corrected chi connectivity index (χ4v) is 2.80. The number of hydrazone groups is 1. The Bertz CT molecular complexity index is 1090. The van der Waals surface area contributed by atoms with Crippen molar-refractivity contribution >= 4 is 28.1 Å². The van der Waals surface area contributed by atoms with Gasteiger partial charge in [0.2, 0.25) is 5.95 Å². The Kier molecular flexibility index (Phi) is 5.64. The third-order valence-corrected chi connectivity index (χ3v) is 4.35. The van der Waals surface area contributed by atoms with Crippen molar-refractivity contribution in [2.24, 2.45) is 5.10 Å². The van der Waals surface area contributed by atoms with E-state index in [4.69, 9.17) is 4.74 Å². The lowest BCUT2D eigenvalue weighted by molar-refractivity contribution is 0.414. The highest BCUT2D eigenvalue weighted by Gasteiger charge is 2.12. The second kappa shape index (κ2) is 8.29. The van der Waals surface area contributed by atoms with E-state index in [9.17, 15) is 10.1 Å². The lowest BCUT2D eigenvalue weighted by Crippen LogP contribution is -2.16. The molecule has 3 aromatic rings. The zero-order valence-corrected chi connectivity index (χ0v) is 15.8. The Morgan fingerprint density at radius 3 is 2.74 bits per heavy atom. The van der Waals surface area contributed by atoms with Crippen LogP contribution in [0.1, 0.15) is 11.1 Å². The molecule has 1 aromatic heterocycles. The molecular formula is C19H14BrN5O2. The molecule has 3 rings (SSSR count). The van der Waals surface area contributed by atoms with Gasteiger partial charge in [-0.25, -0.2) is 10.4 Å². The van der Waals surface area contributed by atoms with Crippen molar-refractivity contribution in [1.29, 1.82) is 5.26 Å². The summed E-state index contributed by atoms with van der Waals surface area (Å²) in [7, 11) is 1.59. The molecule has 0 aliphatic rings. The average molecular weight is 424 g/mol. The van der Waals surface area contributed by atoms with Crippen LogP contribution >= 0.6 is 15.9 Å². The summed E-state index contributed by atoms with van der Waals surface area (Å²) in [6.45, 7) is 0. The number of hydrogen-bond acceptors (Lipinski definition) is 6. The van der Waals surface area contributed by atoms with Gasteiger partial charge in [-0.05, 0) is 34.1 Å². The van der Waals surface area contributed by atoms with Gasteiger partial charge < -0.3 is 4.74 Å². The summed E-state index contributed by atoms with van der Waals surface area (Å²) in [5.41, 5.74) is 3.89. The first kappa shape index (κ1) is 18.4. The third-order valence-electron chi connectivity index (χ3n) is 3.66. The maximum Gasteiger partial charge on any atom is 0.270 e. The lowest BCUT2D eigenvalue weighted by atomic mass is 10.1. The highest BCUT2D eigenvalue weighted by atomic mass is 79.9. The smallest absolute Gasteiger partial charge is 0.270 e. The number of aromatic amines is 1. The first-order chi connectivity index (χ1) is 13.1. The SMILES string of the molecule is COc1ccc(C=NNc2nc(-c3ccccc3)c(C#N)c(=O)[nH]2)c(Br)c1. The molecule has 0 amide bonds. The minimum absolute atomic E-state index is 0.0476. The van der Waals surface area contributed by atoms with Gasteiger partial charge in [0.1, 0.15) is 17.4 Å². The normalized spacial score (nSPS) is 10.6. The van der Waals surface area contributed by atoms with Crippen LogP contribution in [0.25, 0.3) is 11.3 Å². The lowest BCUT2D eigenvalue weighted by Gasteiger charge is -2.06. The van der Waals surface area contributed by atoms with Gasteiger partial charge in [0.15, 0.2) is 0 Å². The predicted octanol–water partition coefficient (Wildman–Crippen LogP) is 3.53. The molecule has 1 heterocycles. The molecule has 2 aromatic carbocycles. The Balaban J connectivity index is 1.89. The van der Waals surface area contributed by atoms with Crippen molar-refractivity contribution < 1.29 is 4.74 Å². The zero-order chi connectivity index (χ0) is 19.2. The van der Waals surface area contributed by atoms with Crippen LogP contribution in [0.4, 0.5) is 5.95 Å². The fraction of sp³-hybridized carbons (Fsp3) is 0.0526. The first-order valence-corrected chi connectivity index (χ1v) is 8.64. The van der Waals surface area contributed by atoms with Crippen LogP contribution in [0, 0.1) is 11.3 Å². The molecule has 0 unspecified atom stereocenters. The number of methoxy groups -OCH3 is 1. The van der Waals surface area contributed by atoms with Crippen LogP contribution in [-0.2, 0) is 0 Å². The van der Waals surface area contributed by atoms with Gasteiger partial charge in [0, 0.05) is 15.6 Å². The van der Waals surface area contributed by atoms with Gasteiger partial charge in [-0.2, -0.15) is 10.4 Å². The van der Waals surface area contributed by atoms with E-state index in [1.807, 2.05) is 42.5 Å². The second-order valence-electron chi connectivity index (χ2n) is 5.37. The number of hydrogen-bond donors (Lipinski definition) is 2. The van der Waals surface area contributed by atoms with E-state index < -0.39 is 5.56 Å². The number of aromatic nitrogens is 2. The molecule has 0 bridgehead atoms. The molecule has 0 radical (unpaired) electrons. The monoisotopic (exact) mass is 423 g/mol. The number of ether oxygens (including phenoxy) is 1. The number of anilines is 1. The second-order valence-corrected chi connectivity index (χ2v) is 6.23. The van der Waals surface area contributed by atoms with Gasteiger partial charge in [-0.1, -0.05) is 30.3 Å². The van der Waals surface area contributed by atoms with Gasteiger partial charge in [0.05, 0.1) is 19.0 Å². The molecule has 8 heteroatoms. The Labute approximate surface area is 163 Å². The summed E-state index contributed by atoms with van der Waals surface area (Å²) in [6, 6.07) is 16.4. The number of halogens is 1. The Hall–Kier alpha value is -3.44. The summed E-state index contributed by atoms with van der Waals surface area (Å²) in [5, 5.41) is 13.4. The summed E-state index contributed by atoms with van der Waals surface area (Å²) in [5.74, 6) is 0.858. The van der Waals surface area contributed by atoms with Gasteiger partial charge in [-0.3, -0.25) is 9.78 Å². The molecule has 0 aliphatic carbocycles. The van der Waals surface area contributed by atoms with Gasteiger partial charge in [0.25, 0.3) is 5.56 Å². The number of H-pyrrole nitrogens is 1. The maximum atomic E-state index is 12.2. The molecule has 0 atom stereocenters. The van der Waals surface area contributed by atoms with Crippen molar-refractivity contribution in [2.75, 3.05) is 12.5 Å². The molecule has 7 nitrogen and oxygen atoms in total. The van der Waals surface area contributed by atoms with Crippen LogP contribution < -0.4 is 15.7 Å². The summed E-state index contributed by atoms with van der Waals surface area (Å²) in [6.07, 6.45) is 1.57. The fourth-order valence-electron chi connectivity index (χ4n) is 2.34. The molecule has 2 N–H and O–H groups in total. The van der Waals surface area contributed by atoms with Crippen molar-refractivity contribution in [3.05, 3.63) is 74.5 Å². The van der Waals surface area contributed by atoms with Gasteiger partial charge in [-0.15, -0.1) is 0 Å². The molecule has 27 heavy (non-hydrogen) atoms. The van der Waals surface area contributed by atoms with Crippen molar-refractivity contribution in [1.82, 2.24) is 9.97 Å². The molecule has 134 valence electrons. The summed E-state index contributed by atoms with van der Waals surface area (Å²) >= 11 is 3.44. The van der Waals surface area contributed by atoms with Gasteiger partial charge >= 0.3 is 0 Å². The average Bonchev–Trinajstić information content (AvgIpc) is 2.69. The third kappa shape index (κ3) is 4.22. The standard InChI is InChI=1S/C19H14BrN5O2/c1-27-14-8-7-13(16(20)9-14)11-22-25-19-23-17(12-5-3-2-4-6-12)15(10-21)18(26)24-19/h2-9,11H,1H3,(H2,23,24,25,26). The maximum absolute atomic E-state index is 12.2. The van der Waals surface area contributed by atoms with E-state index in [0.717, 1.165) is 15.8 Å². The van der Waals surface area contributed by atoms with Crippen LogP contribution in [0.3, 0.4) is 0 Å². The van der Waals surface area contributed by atoms with Crippen LogP contribution in [0.2, 0.25) is 0 Å². The molecule has 0 saturated heterocycles. The quantitative estimate of drug-likeness (QED) is 0.482. The first-order valence-electron chi connectivity index (χ1n) is 7.85. The molecular weight excluding hydrogens is 410 g/mol. The van der Waals surface area contributed by atoms with Crippen LogP contribution in [0.5, 0.6) is 5.75 Å². The molecule has 0 saturated carbocycles. The van der Waals surface area contributed by atoms with E-state index in [1.54, 1.807) is 25.5 Å². The highest BCUT2D eigenvalue weighted by Crippen LogP contribution is 2.22. The van der Waals surface area contributed by atoms with E-state index in [-0.39, 0.29) is 11.5 Å². The van der Waals surface area contributed by atoms with E-state index >= 15 is 0 Å². The number of nitrogens with one attached hydrogen (secondary N) is 2. The topological polar surface area (TPSA) is 103 Å². The van der Waals surface area contributed by atoms with Crippen molar-refractivity contribution in [2.45, 2.75) is 0 Å². The summed E-state index contributed by atoms with van der Waals surface area (Å²) in [4.78, 5) is 19.0. The van der Waals surface area contributed by atoms with Crippen molar-refractivity contribution in [3.8, 4) is 23.1 Å². The largest absolute Gasteiger partial charge is 0.497 e. The van der Waals surface area contributed by atoms with Crippen LogP contribution in [-0.4, -0.2) is 23.3 Å². The van der Waals surface area contributed by atoms with Crippen LogP contribution in [0.15, 0.2) is 62.9 Å². The molecule has 0 spiro atoms. The number of nitriles is 1.